The second kappa shape index (κ2) is 4.74. The van der Waals surface area contributed by atoms with Crippen LogP contribution in [0.4, 0.5) is 11.4 Å². The van der Waals surface area contributed by atoms with Gasteiger partial charge in [0.25, 0.3) is 17.4 Å². The van der Waals surface area contributed by atoms with Gasteiger partial charge >= 0.3 is 0 Å². The minimum Gasteiger partial charge on any atom is -0.299 e. The summed E-state index contributed by atoms with van der Waals surface area (Å²) in [5, 5.41) is 13.4. The number of nitrogens with zero attached hydrogens (tertiary/aromatic N) is 3. The molecule has 0 N–H and O–H groups in total. The summed E-state index contributed by atoms with van der Waals surface area (Å²) in [5.41, 5.74) is 0.938. The number of fused-ring (bicyclic) bond motifs is 1. The van der Waals surface area contributed by atoms with Crippen molar-refractivity contribution in [2.75, 3.05) is 4.90 Å². The maximum absolute atomic E-state index is 12.0. The molecule has 0 fully saturated rings. The van der Waals surface area contributed by atoms with Crippen LogP contribution >= 0.6 is 11.3 Å². The Labute approximate surface area is 123 Å². The number of Topliss-reactive ketones (excluding diaryl/α,β-unsaturated/α-hetero) is 1. The van der Waals surface area contributed by atoms with Crippen molar-refractivity contribution in [3.05, 3.63) is 50.0 Å². The number of carbonyl (C=O) groups is 2. The molecule has 1 aliphatic heterocycles. The summed E-state index contributed by atoms with van der Waals surface area (Å²) in [6.07, 6.45) is 0. The molecule has 21 heavy (non-hydrogen) atoms. The molecule has 8 heteroatoms. The molecule has 1 aromatic carbocycles. The van der Waals surface area contributed by atoms with Gasteiger partial charge in [-0.1, -0.05) is 0 Å². The number of non-ortho nitro benzene ring substituents is 1. The van der Waals surface area contributed by atoms with Crippen molar-refractivity contribution in [2.24, 2.45) is 0 Å². The summed E-state index contributed by atoms with van der Waals surface area (Å²) in [5.74, 6) is -1.41. The SMILES string of the molecule is Cc1nc(CN2C(=O)C(=O)c3cc([N+](=O)[O-])ccc32)cs1. The fourth-order valence-corrected chi connectivity index (χ4v) is 2.81. The normalized spacial score (nSPS) is 13.7. The van der Waals surface area contributed by atoms with Crippen LogP contribution in [0.15, 0.2) is 23.6 Å². The van der Waals surface area contributed by atoms with E-state index in [2.05, 4.69) is 4.98 Å². The number of aryl methyl sites for hydroxylation is 1. The average Bonchev–Trinajstić information content (AvgIpc) is 2.96. The monoisotopic (exact) mass is 303 g/mol. The van der Waals surface area contributed by atoms with Crippen LogP contribution in [0.25, 0.3) is 0 Å². The summed E-state index contributed by atoms with van der Waals surface area (Å²) in [6.45, 7) is 2.03. The number of benzene rings is 1. The van der Waals surface area contributed by atoms with Gasteiger partial charge in [0.15, 0.2) is 0 Å². The summed E-state index contributed by atoms with van der Waals surface area (Å²) in [7, 11) is 0. The van der Waals surface area contributed by atoms with E-state index < -0.39 is 16.6 Å². The molecule has 0 aliphatic carbocycles. The minimum atomic E-state index is -0.722. The lowest BCUT2D eigenvalue weighted by atomic mass is 10.1. The minimum absolute atomic E-state index is 0.0705. The predicted octanol–water partition coefficient (Wildman–Crippen LogP) is 2.09. The van der Waals surface area contributed by atoms with Crippen LogP contribution in [-0.2, 0) is 11.3 Å². The van der Waals surface area contributed by atoms with Crippen molar-refractivity contribution < 1.29 is 14.5 Å². The second-order valence-electron chi connectivity index (χ2n) is 4.54. The summed E-state index contributed by atoms with van der Waals surface area (Å²) in [4.78, 5) is 39.7. The number of carbonyl (C=O) groups excluding carboxylic acids is 2. The highest BCUT2D eigenvalue weighted by Crippen LogP contribution is 2.33. The lowest BCUT2D eigenvalue weighted by Crippen LogP contribution is -2.29. The van der Waals surface area contributed by atoms with E-state index in [1.165, 1.54) is 28.4 Å². The number of hydrogen-bond acceptors (Lipinski definition) is 6. The van der Waals surface area contributed by atoms with E-state index >= 15 is 0 Å². The van der Waals surface area contributed by atoms with E-state index in [0.29, 0.717) is 11.4 Å². The molecular weight excluding hydrogens is 294 g/mol. The zero-order valence-electron chi connectivity index (χ0n) is 10.9. The number of aromatic nitrogens is 1. The van der Waals surface area contributed by atoms with E-state index in [9.17, 15) is 19.7 Å². The van der Waals surface area contributed by atoms with Gasteiger partial charge < -0.3 is 0 Å². The highest BCUT2D eigenvalue weighted by molar-refractivity contribution is 7.09. The highest BCUT2D eigenvalue weighted by Gasteiger charge is 2.37. The molecule has 3 rings (SSSR count). The van der Waals surface area contributed by atoms with Gasteiger partial charge in [0.2, 0.25) is 0 Å². The van der Waals surface area contributed by atoms with Gasteiger partial charge in [0.1, 0.15) is 0 Å². The number of hydrogen-bond donors (Lipinski definition) is 0. The molecule has 2 heterocycles. The Balaban J connectivity index is 2.00. The van der Waals surface area contributed by atoms with Gasteiger partial charge in [-0.05, 0) is 13.0 Å². The van der Waals surface area contributed by atoms with Crippen molar-refractivity contribution in [1.82, 2.24) is 4.98 Å². The standard InChI is InChI=1S/C13H9N3O4S/c1-7-14-8(6-21-7)5-15-11-3-2-9(16(19)20)4-10(11)12(17)13(15)18/h2-4,6H,5H2,1H3. The molecule has 7 nitrogen and oxygen atoms in total. The number of rotatable bonds is 3. The van der Waals surface area contributed by atoms with Crippen molar-refractivity contribution in [2.45, 2.75) is 13.5 Å². The molecule has 0 unspecified atom stereocenters. The summed E-state index contributed by atoms with van der Waals surface area (Å²) in [6, 6.07) is 3.85. The molecule has 1 aliphatic rings. The smallest absolute Gasteiger partial charge is 0.299 e. The Kier molecular flexibility index (Phi) is 3.02. The third kappa shape index (κ3) is 2.19. The van der Waals surface area contributed by atoms with Gasteiger partial charge in [-0.3, -0.25) is 24.6 Å². The fourth-order valence-electron chi connectivity index (χ4n) is 2.20. The number of thiazole rings is 1. The lowest BCUT2D eigenvalue weighted by Gasteiger charge is -2.14. The number of amides is 1. The van der Waals surface area contributed by atoms with Crippen LogP contribution in [0, 0.1) is 17.0 Å². The Morgan fingerprint density at radius 3 is 2.76 bits per heavy atom. The van der Waals surface area contributed by atoms with Crippen LogP contribution in [0.1, 0.15) is 21.1 Å². The first-order valence-electron chi connectivity index (χ1n) is 6.03. The first-order chi connectivity index (χ1) is 9.97. The first-order valence-corrected chi connectivity index (χ1v) is 6.91. The van der Waals surface area contributed by atoms with Crippen LogP contribution in [0.5, 0.6) is 0 Å². The molecular formula is C13H9N3O4S. The molecule has 106 valence electrons. The second-order valence-corrected chi connectivity index (χ2v) is 5.60. The van der Waals surface area contributed by atoms with Crippen molar-refractivity contribution in [1.29, 1.82) is 0 Å². The van der Waals surface area contributed by atoms with Crippen LogP contribution in [0.3, 0.4) is 0 Å². The zero-order valence-corrected chi connectivity index (χ0v) is 11.7. The molecule has 0 saturated carbocycles. The maximum Gasteiger partial charge on any atom is 0.299 e. The third-order valence-corrected chi connectivity index (χ3v) is 3.97. The van der Waals surface area contributed by atoms with Gasteiger partial charge in [-0.2, -0.15) is 0 Å². The van der Waals surface area contributed by atoms with Gasteiger partial charge in [-0.15, -0.1) is 11.3 Å². The molecule has 2 aromatic rings. The molecule has 0 atom stereocenters. The molecule has 0 spiro atoms. The van der Waals surface area contributed by atoms with E-state index in [1.807, 2.05) is 12.3 Å². The largest absolute Gasteiger partial charge is 0.299 e. The van der Waals surface area contributed by atoms with Gasteiger partial charge in [0.05, 0.1) is 33.4 Å². The predicted molar refractivity (Wildman–Crippen MR) is 75.5 cm³/mol. The van der Waals surface area contributed by atoms with Gasteiger partial charge in [0, 0.05) is 17.5 Å². The van der Waals surface area contributed by atoms with E-state index in [1.54, 1.807) is 0 Å². The lowest BCUT2D eigenvalue weighted by molar-refractivity contribution is -0.384. The average molecular weight is 303 g/mol. The first kappa shape index (κ1) is 13.4. The Morgan fingerprint density at radius 2 is 2.14 bits per heavy atom. The third-order valence-electron chi connectivity index (χ3n) is 3.15. The Bertz CT molecular complexity index is 783. The van der Waals surface area contributed by atoms with E-state index in [-0.39, 0.29) is 17.8 Å². The summed E-state index contributed by atoms with van der Waals surface area (Å²) < 4.78 is 0. The van der Waals surface area contributed by atoms with Crippen molar-refractivity contribution in [3.8, 4) is 0 Å². The van der Waals surface area contributed by atoms with E-state index in [4.69, 9.17) is 0 Å². The highest BCUT2D eigenvalue weighted by atomic mass is 32.1. The number of anilines is 1. The summed E-state index contributed by atoms with van der Waals surface area (Å²) >= 11 is 1.45. The van der Waals surface area contributed by atoms with Gasteiger partial charge in [-0.25, -0.2) is 4.98 Å². The molecule has 0 saturated heterocycles. The molecule has 1 amide bonds. The topological polar surface area (TPSA) is 93.4 Å². The molecule has 0 bridgehead atoms. The number of nitro groups is 1. The maximum atomic E-state index is 12.0. The van der Waals surface area contributed by atoms with Crippen LogP contribution < -0.4 is 4.90 Å². The number of nitro benzene ring substituents is 1. The Hall–Kier alpha value is -2.61. The molecule has 0 radical (unpaired) electrons. The van der Waals surface area contributed by atoms with Crippen molar-refractivity contribution >= 4 is 34.4 Å². The fraction of sp³-hybridized carbons (Fsp3) is 0.154. The number of ketones is 1. The van der Waals surface area contributed by atoms with E-state index in [0.717, 1.165) is 11.1 Å². The quantitative estimate of drug-likeness (QED) is 0.491. The van der Waals surface area contributed by atoms with Crippen molar-refractivity contribution in [3.63, 3.8) is 0 Å². The van der Waals surface area contributed by atoms with Crippen LogP contribution in [-0.4, -0.2) is 21.6 Å². The zero-order chi connectivity index (χ0) is 15.1. The molecule has 1 aromatic heterocycles. The van der Waals surface area contributed by atoms with Crippen LogP contribution in [0.2, 0.25) is 0 Å². The Morgan fingerprint density at radius 1 is 1.38 bits per heavy atom.